The summed E-state index contributed by atoms with van der Waals surface area (Å²) in [6.45, 7) is 8.22. The van der Waals surface area contributed by atoms with Crippen molar-refractivity contribution >= 4 is 21.9 Å². The average Bonchev–Trinajstić information content (AvgIpc) is 2.64. The van der Waals surface area contributed by atoms with Gasteiger partial charge in [0, 0.05) is 26.1 Å². The number of rotatable bonds is 12. The van der Waals surface area contributed by atoms with Crippen LogP contribution in [-0.2, 0) is 24.3 Å². The van der Waals surface area contributed by atoms with Crippen LogP contribution < -0.4 is 9.46 Å². The number of nitrogens with zero attached hydrogens (tertiary/aromatic N) is 2. The Morgan fingerprint density at radius 3 is 2.19 bits per heavy atom. The molecule has 176 valence electrons. The van der Waals surface area contributed by atoms with E-state index in [9.17, 15) is 18.0 Å². The van der Waals surface area contributed by atoms with Gasteiger partial charge >= 0.3 is 5.97 Å². The van der Waals surface area contributed by atoms with Gasteiger partial charge in [-0.3, -0.25) is 9.59 Å². The van der Waals surface area contributed by atoms with E-state index in [1.54, 1.807) is 32.9 Å². The first-order valence-corrected chi connectivity index (χ1v) is 11.7. The SMILES string of the molecule is CCOc1ccc(S(=O)(=O)NCCC(=O)N(CCN(C)C)CC(=O)OC(C)(C)C)cc1. The molecule has 0 bridgehead atoms. The summed E-state index contributed by atoms with van der Waals surface area (Å²) in [6, 6.07) is 6.04. The zero-order valence-electron chi connectivity index (χ0n) is 19.3. The molecule has 0 saturated carbocycles. The number of likely N-dealkylation sites (N-methyl/N-ethyl adjacent to an activating group) is 1. The second-order valence-corrected chi connectivity index (χ2v) is 10.0. The maximum absolute atomic E-state index is 12.6. The zero-order valence-corrected chi connectivity index (χ0v) is 20.1. The van der Waals surface area contributed by atoms with Crippen LogP contribution in [0.1, 0.15) is 34.1 Å². The van der Waals surface area contributed by atoms with Crippen LogP contribution in [0.25, 0.3) is 0 Å². The lowest BCUT2D eigenvalue weighted by Crippen LogP contribution is -2.43. The fourth-order valence-corrected chi connectivity index (χ4v) is 3.59. The number of ether oxygens (including phenoxy) is 2. The molecule has 1 rings (SSSR count). The summed E-state index contributed by atoms with van der Waals surface area (Å²) >= 11 is 0. The maximum atomic E-state index is 12.6. The lowest BCUT2D eigenvalue weighted by Gasteiger charge is -2.26. The zero-order chi connectivity index (χ0) is 23.7. The highest BCUT2D eigenvalue weighted by Crippen LogP contribution is 2.16. The van der Waals surface area contributed by atoms with Crippen molar-refractivity contribution < 1.29 is 27.5 Å². The van der Waals surface area contributed by atoms with Gasteiger partial charge in [0.05, 0.1) is 11.5 Å². The number of nitrogens with one attached hydrogen (secondary N) is 1. The molecule has 0 unspecified atom stereocenters. The third-order valence-electron chi connectivity index (χ3n) is 3.99. The molecule has 0 fully saturated rings. The van der Waals surface area contributed by atoms with E-state index in [0.717, 1.165) is 0 Å². The number of hydrogen-bond acceptors (Lipinski definition) is 7. The second kappa shape index (κ2) is 12.0. The Morgan fingerprint density at radius 1 is 1.06 bits per heavy atom. The van der Waals surface area contributed by atoms with Crippen molar-refractivity contribution in [1.29, 1.82) is 0 Å². The highest BCUT2D eigenvalue weighted by molar-refractivity contribution is 7.89. The molecule has 0 saturated heterocycles. The molecule has 31 heavy (non-hydrogen) atoms. The molecule has 9 nitrogen and oxygen atoms in total. The summed E-state index contributed by atoms with van der Waals surface area (Å²) in [5.41, 5.74) is -0.652. The van der Waals surface area contributed by atoms with E-state index in [1.807, 2.05) is 25.9 Å². The van der Waals surface area contributed by atoms with Crippen molar-refractivity contribution in [3.05, 3.63) is 24.3 Å². The third-order valence-corrected chi connectivity index (χ3v) is 5.46. The van der Waals surface area contributed by atoms with Crippen LogP contribution in [0.2, 0.25) is 0 Å². The van der Waals surface area contributed by atoms with E-state index in [1.165, 1.54) is 17.0 Å². The average molecular weight is 458 g/mol. The summed E-state index contributed by atoms with van der Waals surface area (Å²) in [5.74, 6) is -0.257. The fraction of sp³-hybridized carbons (Fsp3) is 0.619. The molecular weight excluding hydrogens is 422 g/mol. The van der Waals surface area contributed by atoms with Crippen molar-refractivity contribution in [3.63, 3.8) is 0 Å². The standard InChI is InChI=1S/C21H35N3O6S/c1-7-29-17-8-10-18(11-9-17)31(27,28)22-13-12-19(25)24(15-14-23(5)6)16-20(26)30-21(2,3)4/h8-11,22H,7,12-16H2,1-6H3. The van der Waals surface area contributed by atoms with E-state index in [-0.39, 0.29) is 30.3 Å². The Morgan fingerprint density at radius 2 is 1.68 bits per heavy atom. The molecule has 0 aromatic heterocycles. The lowest BCUT2D eigenvalue weighted by molar-refractivity contribution is -0.159. The highest BCUT2D eigenvalue weighted by atomic mass is 32.2. The smallest absolute Gasteiger partial charge is 0.326 e. The molecule has 0 heterocycles. The summed E-state index contributed by atoms with van der Waals surface area (Å²) < 4.78 is 37.9. The topological polar surface area (TPSA) is 105 Å². The van der Waals surface area contributed by atoms with Gasteiger partial charge in [0.25, 0.3) is 0 Å². The van der Waals surface area contributed by atoms with Crippen LogP contribution in [0.3, 0.4) is 0 Å². The Hall–Kier alpha value is -2.17. The largest absolute Gasteiger partial charge is 0.494 e. The normalized spacial score (nSPS) is 12.0. The van der Waals surface area contributed by atoms with Crippen molar-refractivity contribution in [2.75, 3.05) is 46.9 Å². The molecule has 0 aliphatic carbocycles. The summed E-state index contributed by atoms with van der Waals surface area (Å²) in [5, 5.41) is 0. The number of esters is 1. The van der Waals surface area contributed by atoms with Crippen LogP contribution in [-0.4, -0.2) is 82.6 Å². The molecule has 1 aromatic carbocycles. The predicted molar refractivity (Wildman–Crippen MR) is 118 cm³/mol. The van der Waals surface area contributed by atoms with Crippen LogP contribution in [0, 0.1) is 0 Å². The second-order valence-electron chi connectivity index (χ2n) is 8.26. The van der Waals surface area contributed by atoms with E-state index >= 15 is 0 Å². The van der Waals surface area contributed by atoms with Crippen molar-refractivity contribution in [1.82, 2.24) is 14.5 Å². The van der Waals surface area contributed by atoms with Gasteiger partial charge < -0.3 is 19.3 Å². The summed E-state index contributed by atoms with van der Waals surface area (Å²) in [7, 11) is -0.0379. The van der Waals surface area contributed by atoms with Gasteiger partial charge in [-0.05, 0) is 66.1 Å². The number of carbonyl (C=O) groups excluding carboxylic acids is 2. The molecule has 0 atom stereocenters. The Labute approximate surface area is 185 Å². The van der Waals surface area contributed by atoms with Crippen LogP contribution >= 0.6 is 0 Å². The first-order chi connectivity index (χ1) is 14.3. The van der Waals surface area contributed by atoms with Gasteiger partial charge in [-0.1, -0.05) is 0 Å². The molecule has 0 radical (unpaired) electrons. The van der Waals surface area contributed by atoms with Crippen molar-refractivity contribution in [2.45, 2.75) is 44.6 Å². The minimum atomic E-state index is -3.76. The van der Waals surface area contributed by atoms with Crippen LogP contribution in [0.4, 0.5) is 0 Å². The van der Waals surface area contributed by atoms with Gasteiger partial charge in [0.15, 0.2) is 0 Å². The molecular formula is C21H35N3O6S. The molecule has 1 amide bonds. The monoisotopic (exact) mass is 457 g/mol. The number of hydrogen-bond donors (Lipinski definition) is 1. The Bertz CT molecular complexity index is 817. The van der Waals surface area contributed by atoms with E-state index in [4.69, 9.17) is 9.47 Å². The van der Waals surface area contributed by atoms with E-state index < -0.39 is 21.6 Å². The van der Waals surface area contributed by atoms with E-state index in [2.05, 4.69) is 4.72 Å². The van der Waals surface area contributed by atoms with Crippen molar-refractivity contribution in [3.8, 4) is 5.75 Å². The fourth-order valence-electron chi connectivity index (χ4n) is 2.56. The quantitative estimate of drug-likeness (QED) is 0.474. The van der Waals surface area contributed by atoms with Gasteiger partial charge in [0.1, 0.15) is 17.9 Å². The highest BCUT2D eigenvalue weighted by Gasteiger charge is 2.23. The van der Waals surface area contributed by atoms with Crippen molar-refractivity contribution in [2.24, 2.45) is 0 Å². The van der Waals surface area contributed by atoms with Crippen LogP contribution in [0.5, 0.6) is 5.75 Å². The maximum Gasteiger partial charge on any atom is 0.326 e. The van der Waals surface area contributed by atoms with Gasteiger partial charge in [-0.15, -0.1) is 0 Å². The van der Waals surface area contributed by atoms with Gasteiger partial charge in [0.2, 0.25) is 15.9 Å². The molecule has 0 aliphatic heterocycles. The number of carbonyl (C=O) groups is 2. The Balaban J connectivity index is 2.69. The predicted octanol–water partition coefficient (Wildman–Crippen LogP) is 1.49. The van der Waals surface area contributed by atoms with E-state index in [0.29, 0.717) is 25.4 Å². The van der Waals surface area contributed by atoms with Crippen LogP contribution in [0.15, 0.2) is 29.2 Å². The molecule has 1 N–H and O–H groups in total. The first-order valence-electron chi connectivity index (χ1n) is 10.2. The number of sulfonamides is 1. The number of amides is 1. The minimum Gasteiger partial charge on any atom is -0.494 e. The molecule has 10 heteroatoms. The molecule has 0 spiro atoms. The number of benzene rings is 1. The Kier molecular flexibility index (Phi) is 10.4. The summed E-state index contributed by atoms with van der Waals surface area (Å²) in [4.78, 5) is 28.2. The van der Waals surface area contributed by atoms with Gasteiger partial charge in [-0.2, -0.15) is 0 Å². The summed E-state index contributed by atoms with van der Waals surface area (Å²) in [6.07, 6.45) is -0.0769. The third kappa shape index (κ3) is 10.6. The first kappa shape index (κ1) is 26.9. The minimum absolute atomic E-state index is 0.0769. The molecule has 0 aliphatic rings. The lowest BCUT2D eigenvalue weighted by atomic mass is 10.2. The van der Waals surface area contributed by atoms with Gasteiger partial charge in [-0.25, -0.2) is 13.1 Å². The molecule has 1 aromatic rings.